The molecule has 88 valence electrons. The summed E-state index contributed by atoms with van der Waals surface area (Å²) in [5.41, 5.74) is 1.50. The highest BCUT2D eigenvalue weighted by molar-refractivity contribution is 5.17. The summed E-state index contributed by atoms with van der Waals surface area (Å²) in [5, 5.41) is 0. The van der Waals surface area contributed by atoms with Gasteiger partial charge in [-0.05, 0) is 32.1 Å². The van der Waals surface area contributed by atoms with Gasteiger partial charge in [0.2, 0.25) is 0 Å². The molecule has 0 spiro atoms. The highest BCUT2D eigenvalue weighted by atomic mass is 14.1. The van der Waals surface area contributed by atoms with Crippen LogP contribution in [0.15, 0.2) is 23.8 Å². The molecule has 0 aliphatic rings. The summed E-state index contributed by atoms with van der Waals surface area (Å²) < 4.78 is 0. The molecule has 1 unspecified atom stereocenters. The zero-order chi connectivity index (χ0) is 11.5. The Morgan fingerprint density at radius 1 is 1.20 bits per heavy atom. The van der Waals surface area contributed by atoms with Crippen LogP contribution in [-0.2, 0) is 0 Å². The summed E-state index contributed by atoms with van der Waals surface area (Å²) in [6, 6.07) is 0. The number of hydrogen-bond donors (Lipinski definition) is 0. The van der Waals surface area contributed by atoms with Crippen molar-refractivity contribution in [2.24, 2.45) is 5.92 Å². The fraction of sp³-hybridized carbons (Fsp3) is 0.733. The molecule has 15 heavy (non-hydrogen) atoms. The second-order valence-electron chi connectivity index (χ2n) is 4.46. The van der Waals surface area contributed by atoms with Crippen molar-refractivity contribution in [3.8, 4) is 0 Å². The summed E-state index contributed by atoms with van der Waals surface area (Å²) in [6.45, 7) is 8.98. The van der Waals surface area contributed by atoms with Gasteiger partial charge in [0, 0.05) is 0 Å². The molecular formula is C15H28. The Bertz CT molecular complexity index is 186. The summed E-state index contributed by atoms with van der Waals surface area (Å²) in [7, 11) is 0. The number of allylic oxidation sites excluding steroid dienone is 4. The molecule has 0 aromatic carbocycles. The van der Waals surface area contributed by atoms with E-state index in [1.165, 1.54) is 37.7 Å². The van der Waals surface area contributed by atoms with Gasteiger partial charge in [0.1, 0.15) is 0 Å². The molecule has 0 rings (SSSR count). The van der Waals surface area contributed by atoms with Crippen LogP contribution in [0.4, 0.5) is 0 Å². The Hall–Kier alpha value is -0.520. The van der Waals surface area contributed by atoms with Gasteiger partial charge in [0.15, 0.2) is 0 Å². The molecule has 0 bridgehead atoms. The minimum Gasteiger partial charge on any atom is -0.0845 e. The lowest BCUT2D eigenvalue weighted by atomic mass is 9.97. The van der Waals surface area contributed by atoms with Crippen molar-refractivity contribution in [1.82, 2.24) is 0 Å². The first-order valence-corrected chi connectivity index (χ1v) is 6.56. The maximum Gasteiger partial charge on any atom is -0.0282 e. The molecule has 0 aliphatic heterocycles. The molecule has 0 heteroatoms. The first kappa shape index (κ1) is 14.5. The van der Waals surface area contributed by atoms with Gasteiger partial charge in [0.05, 0.1) is 0 Å². The van der Waals surface area contributed by atoms with E-state index in [0.29, 0.717) is 0 Å². The zero-order valence-corrected chi connectivity index (χ0v) is 11.1. The van der Waals surface area contributed by atoms with E-state index in [4.69, 9.17) is 0 Å². The molecular weight excluding hydrogens is 180 g/mol. The molecule has 0 saturated carbocycles. The summed E-state index contributed by atoms with van der Waals surface area (Å²) in [6.07, 6.45) is 14.6. The van der Waals surface area contributed by atoms with Gasteiger partial charge < -0.3 is 0 Å². The van der Waals surface area contributed by atoms with Crippen LogP contribution < -0.4 is 0 Å². The molecule has 1 atom stereocenters. The van der Waals surface area contributed by atoms with E-state index < -0.39 is 0 Å². The van der Waals surface area contributed by atoms with Gasteiger partial charge in [-0.15, -0.1) is 0 Å². The fourth-order valence-electron chi connectivity index (χ4n) is 1.88. The summed E-state index contributed by atoms with van der Waals surface area (Å²) in [5.74, 6) is 0.906. The normalized spacial score (nSPS) is 14.8. The fourth-order valence-corrected chi connectivity index (χ4v) is 1.88. The maximum absolute atomic E-state index is 2.38. The summed E-state index contributed by atoms with van der Waals surface area (Å²) >= 11 is 0. The Balaban J connectivity index is 3.68. The molecule has 0 fully saturated rings. The van der Waals surface area contributed by atoms with Crippen LogP contribution in [0.5, 0.6) is 0 Å². The van der Waals surface area contributed by atoms with Crippen LogP contribution in [0.3, 0.4) is 0 Å². The SMILES string of the molecule is CC=C(C=CCC)CCCC(C)CCC. The quantitative estimate of drug-likeness (QED) is 0.462. The van der Waals surface area contributed by atoms with Crippen LogP contribution in [0, 0.1) is 5.92 Å². The molecule has 0 radical (unpaired) electrons. The average molecular weight is 208 g/mol. The molecule has 0 aliphatic carbocycles. The van der Waals surface area contributed by atoms with Crippen LogP contribution in [0.25, 0.3) is 0 Å². The van der Waals surface area contributed by atoms with Crippen molar-refractivity contribution in [3.63, 3.8) is 0 Å². The lowest BCUT2D eigenvalue weighted by molar-refractivity contribution is 0.470. The van der Waals surface area contributed by atoms with Crippen molar-refractivity contribution < 1.29 is 0 Å². The Morgan fingerprint density at radius 3 is 2.47 bits per heavy atom. The van der Waals surface area contributed by atoms with E-state index in [0.717, 1.165) is 12.3 Å². The van der Waals surface area contributed by atoms with E-state index in [9.17, 15) is 0 Å². The van der Waals surface area contributed by atoms with Crippen LogP contribution in [-0.4, -0.2) is 0 Å². The Kier molecular flexibility index (Phi) is 9.67. The Morgan fingerprint density at radius 2 is 1.93 bits per heavy atom. The van der Waals surface area contributed by atoms with Crippen molar-refractivity contribution in [2.75, 3.05) is 0 Å². The summed E-state index contributed by atoms with van der Waals surface area (Å²) in [4.78, 5) is 0. The molecule has 0 aromatic rings. The Labute approximate surface area is 96.5 Å². The lowest BCUT2D eigenvalue weighted by Crippen LogP contribution is -1.94. The average Bonchev–Trinajstić information content (AvgIpc) is 2.23. The molecule has 0 nitrogen and oxygen atoms in total. The molecule has 0 saturated heterocycles. The van der Waals surface area contributed by atoms with Crippen molar-refractivity contribution in [2.45, 2.75) is 66.2 Å². The van der Waals surface area contributed by atoms with E-state index >= 15 is 0 Å². The minimum atomic E-state index is 0.906. The largest absolute Gasteiger partial charge is 0.0845 e. The second kappa shape index (κ2) is 10.0. The van der Waals surface area contributed by atoms with Crippen LogP contribution >= 0.6 is 0 Å². The first-order chi connectivity index (χ1) is 7.24. The third-order valence-electron chi connectivity index (χ3n) is 2.88. The predicted molar refractivity (Wildman–Crippen MR) is 71.1 cm³/mol. The van der Waals surface area contributed by atoms with Crippen LogP contribution in [0.1, 0.15) is 66.2 Å². The van der Waals surface area contributed by atoms with E-state index in [1.54, 1.807) is 0 Å². The molecule has 0 aromatic heterocycles. The third-order valence-corrected chi connectivity index (χ3v) is 2.88. The van der Waals surface area contributed by atoms with Gasteiger partial charge in [0.25, 0.3) is 0 Å². The molecule has 0 heterocycles. The lowest BCUT2D eigenvalue weighted by Gasteiger charge is -2.09. The van der Waals surface area contributed by atoms with Gasteiger partial charge in [-0.1, -0.05) is 63.8 Å². The van der Waals surface area contributed by atoms with Crippen molar-refractivity contribution in [1.29, 1.82) is 0 Å². The maximum atomic E-state index is 2.38. The third kappa shape index (κ3) is 8.47. The zero-order valence-electron chi connectivity index (χ0n) is 11.1. The van der Waals surface area contributed by atoms with Crippen molar-refractivity contribution in [3.05, 3.63) is 23.8 Å². The monoisotopic (exact) mass is 208 g/mol. The smallest absolute Gasteiger partial charge is 0.0282 e. The highest BCUT2D eigenvalue weighted by Crippen LogP contribution is 2.17. The second-order valence-corrected chi connectivity index (χ2v) is 4.46. The van der Waals surface area contributed by atoms with E-state index in [2.05, 4.69) is 45.9 Å². The number of rotatable bonds is 8. The first-order valence-electron chi connectivity index (χ1n) is 6.56. The standard InChI is InChI=1S/C15H28/c1-5-8-12-15(7-3)13-9-11-14(4)10-6-2/h7-8,12,14H,5-6,9-11,13H2,1-4H3. The van der Waals surface area contributed by atoms with Gasteiger partial charge >= 0.3 is 0 Å². The predicted octanol–water partition coefficient (Wildman–Crippen LogP) is 5.51. The van der Waals surface area contributed by atoms with E-state index in [1.807, 2.05) is 0 Å². The van der Waals surface area contributed by atoms with Gasteiger partial charge in [-0.2, -0.15) is 0 Å². The molecule has 0 amide bonds. The minimum absolute atomic E-state index is 0.906. The molecule has 0 N–H and O–H groups in total. The highest BCUT2D eigenvalue weighted by Gasteiger charge is 2.00. The van der Waals surface area contributed by atoms with Gasteiger partial charge in [-0.25, -0.2) is 0 Å². The number of hydrogen-bond acceptors (Lipinski definition) is 0. The van der Waals surface area contributed by atoms with Gasteiger partial charge in [-0.3, -0.25) is 0 Å². The van der Waals surface area contributed by atoms with Crippen molar-refractivity contribution >= 4 is 0 Å². The van der Waals surface area contributed by atoms with Crippen LogP contribution in [0.2, 0.25) is 0 Å². The topological polar surface area (TPSA) is 0 Å². The van der Waals surface area contributed by atoms with E-state index in [-0.39, 0.29) is 0 Å².